The van der Waals surface area contributed by atoms with Crippen molar-refractivity contribution in [3.8, 4) is 0 Å². The van der Waals surface area contributed by atoms with Crippen LogP contribution < -0.4 is 0 Å². The number of aliphatic hydroxyl groups excluding tert-OH is 2. The Balaban J connectivity index is 1.43. The van der Waals surface area contributed by atoms with Crippen molar-refractivity contribution < 1.29 is 38.8 Å². The van der Waals surface area contributed by atoms with E-state index in [9.17, 15) is 24.6 Å². The Morgan fingerprint density at radius 3 is 2.47 bits per heavy atom. The average molecular weight is 530 g/mol. The molecule has 0 aromatic carbocycles. The molecule has 9 aliphatic rings. The maximum atomic E-state index is 13.1. The van der Waals surface area contributed by atoms with Crippen LogP contribution in [0.1, 0.15) is 60.3 Å². The van der Waals surface area contributed by atoms with E-state index in [0.29, 0.717) is 32.2 Å². The summed E-state index contributed by atoms with van der Waals surface area (Å²) in [6.07, 6.45) is -0.935. The molecule has 0 aromatic heterocycles. The van der Waals surface area contributed by atoms with Crippen LogP contribution in [0.25, 0.3) is 0 Å². The van der Waals surface area contributed by atoms with Crippen molar-refractivity contribution in [1.29, 1.82) is 0 Å². The van der Waals surface area contributed by atoms with Gasteiger partial charge in [0.05, 0.1) is 18.1 Å². The molecular formula is C29H39NO8. The molecule has 9 nitrogen and oxygen atoms in total. The fraction of sp³-hybridized carbons (Fsp3) is 0.828. The second-order valence-corrected chi connectivity index (χ2v) is 13.8. The van der Waals surface area contributed by atoms with Crippen LogP contribution in [0.4, 0.5) is 0 Å². The van der Waals surface area contributed by atoms with Gasteiger partial charge in [-0.05, 0) is 31.6 Å². The SMILES string of the molecule is C=C1C[C@@]23C[C@H]4[C@@H]5[C@@]6(C)CN4[C@H]4[C@]5(C[C@@H](OC(=O)C(C)CC)[C@H]6OC(C)=O)[C@@H]2[C@H](O)[C@@H]1C(O)[C@]43OC(C)=O. The van der Waals surface area contributed by atoms with Crippen molar-refractivity contribution in [2.24, 2.45) is 39.9 Å². The molecule has 15 atom stereocenters. The Labute approximate surface area is 222 Å². The molecule has 9 rings (SSSR count). The van der Waals surface area contributed by atoms with Crippen molar-refractivity contribution in [3.05, 3.63) is 12.2 Å². The van der Waals surface area contributed by atoms with Gasteiger partial charge in [0.25, 0.3) is 0 Å². The number of aliphatic hydroxyl groups is 2. The maximum Gasteiger partial charge on any atom is 0.309 e. The number of ether oxygens (including phenoxy) is 3. The Bertz CT molecular complexity index is 1170. The molecule has 38 heavy (non-hydrogen) atoms. The minimum absolute atomic E-state index is 0.0328. The predicted molar refractivity (Wildman–Crippen MR) is 132 cm³/mol. The zero-order valence-corrected chi connectivity index (χ0v) is 22.8. The van der Waals surface area contributed by atoms with E-state index >= 15 is 0 Å². The molecule has 0 amide bonds. The van der Waals surface area contributed by atoms with Gasteiger partial charge in [-0.25, -0.2) is 0 Å². The number of esters is 3. The van der Waals surface area contributed by atoms with Gasteiger partial charge < -0.3 is 24.4 Å². The lowest BCUT2D eigenvalue weighted by Gasteiger charge is -2.68. The molecule has 3 aliphatic heterocycles. The number of piperidine rings is 2. The minimum Gasteiger partial charge on any atom is -0.458 e. The molecule has 208 valence electrons. The van der Waals surface area contributed by atoms with Crippen LogP contribution >= 0.6 is 0 Å². The summed E-state index contributed by atoms with van der Waals surface area (Å²) in [7, 11) is 0. The Hall–Kier alpha value is -1.97. The summed E-state index contributed by atoms with van der Waals surface area (Å²) in [5, 5.41) is 23.9. The first-order chi connectivity index (χ1) is 17.8. The summed E-state index contributed by atoms with van der Waals surface area (Å²) in [5.74, 6) is -2.29. The van der Waals surface area contributed by atoms with Crippen LogP contribution in [0, 0.1) is 39.9 Å². The number of nitrogens with zero attached hydrogens (tertiary/aromatic N) is 1. The zero-order valence-electron chi connectivity index (χ0n) is 22.8. The topological polar surface area (TPSA) is 123 Å². The maximum absolute atomic E-state index is 13.1. The van der Waals surface area contributed by atoms with Gasteiger partial charge in [-0.3, -0.25) is 19.3 Å². The number of hydrogen-bond acceptors (Lipinski definition) is 9. The molecule has 2 N–H and O–H groups in total. The molecule has 9 fully saturated rings. The largest absolute Gasteiger partial charge is 0.458 e. The lowest BCUT2D eigenvalue weighted by molar-refractivity contribution is -0.288. The molecule has 3 unspecified atom stereocenters. The summed E-state index contributed by atoms with van der Waals surface area (Å²) in [6, 6.07) is -0.178. The number of carbonyl (C=O) groups excluding carboxylic acids is 3. The second kappa shape index (κ2) is 7.21. The molecule has 0 aromatic rings. The summed E-state index contributed by atoms with van der Waals surface area (Å²) in [6.45, 7) is 13.5. The number of rotatable bonds is 5. The van der Waals surface area contributed by atoms with Crippen molar-refractivity contribution >= 4 is 17.9 Å². The van der Waals surface area contributed by atoms with Gasteiger partial charge in [0.1, 0.15) is 18.3 Å². The summed E-state index contributed by atoms with van der Waals surface area (Å²) >= 11 is 0. The third-order valence-electron chi connectivity index (χ3n) is 12.3. The van der Waals surface area contributed by atoms with Gasteiger partial charge in [0, 0.05) is 54.5 Å². The quantitative estimate of drug-likeness (QED) is 0.311. The highest BCUT2D eigenvalue weighted by atomic mass is 16.6. The molecule has 3 saturated heterocycles. The van der Waals surface area contributed by atoms with Crippen molar-refractivity contribution in [1.82, 2.24) is 4.90 Å². The molecule has 6 saturated carbocycles. The second-order valence-electron chi connectivity index (χ2n) is 13.8. The first-order valence-electron chi connectivity index (χ1n) is 14.2. The van der Waals surface area contributed by atoms with E-state index in [2.05, 4.69) is 18.4 Å². The zero-order chi connectivity index (χ0) is 27.3. The third kappa shape index (κ3) is 2.34. The first kappa shape index (κ1) is 25.0. The van der Waals surface area contributed by atoms with Crippen molar-refractivity contribution in [2.45, 2.75) is 102 Å². The van der Waals surface area contributed by atoms with Crippen molar-refractivity contribution in [2.75, 3.05) is 6.54 Å². The lowest BCUT2D eigenvalue weighted by atomic mass is 9.38. The van der Waals surface area contributed by atoms with Crippen LogP contribution in [0.15, 0.2) is 12.2 Å². The summed E-state index contributed by atoms with van der Waals surface area (Å²) in [4.78, 5) is 40.6. The highest BCUT2D eigenvalue weighted by molar-refractivity contribution is 5.72. The van der Waals surface area contributed by atoms with Crippen LogP contribution in [-0.2, 0) is 28.6 Å². The van der Waals surface area contributed by atoms with Gasteiger partial charge in [-0.1, -0.05) is 32.9 Å². The molecule has 3 heterocycles. The molecule has 6 aliphatic carbocycles. The van der Waals surface area contributed by atoms with Crippen LogP contribution in [-0.4, -0.2) is 81.7 Å². The highest BCUT2D eigenvalue weighted by Gasteiger charge is 2.97. The third-order valence-corrected chi connectivity index (χ3v) is 12.3. The van der Waals surface area contributed by atoms with Crippen LogP contribution in [0.3, 0.4) is 0 Å². The van der Waals surface area contributed by atoms with Gasteiger partial charge in [-0.2, -0.15) is 0 Å². The number of carbonyl (C=O) groups is 3. The summed E-state index contributed by atoms with van der Waals surface area (Å²) in [5.41, 5.74) is -2.08. The van der Waals surface area contributed by atoms with Gasteiger partial charge in [0.2, 0.25) is 0 Å². The Morgan fingerprint density at radius 2 is 1.84 bits per heavy atom. The normalized spacial score (nSPS) is 56.7. The van der Waals surface area contributed by atoms with Gasteiger partial charge in [-0.15, -0.1) is 0 Å². The predicted octanol–water partition coefficient (Wildman–Crippen LogP) is 1.59. The van der Waals surface area contributed by atoms with E-state index in [0.717, 1.165) is 5.57 Å². The van der Waals surface area contributed by atoms with E-state index < -0.39 is 64.1 Å². The van der Waals surface area contributed by atoms with Gasteiger partial charge >= 0.3 is 17.9 Å². The Morgan fingerprint density at radius 1 is 1.13 bits per heavy atom. The fourth-order valence-corrected chi connectivity index (χ4v) is 11.9. The molecule has 9 heteroatoms. The van der Waals surface area contributed by atoms with Crippen LogP contribution in [0.2, 0.25) is 0 Å². The van der Waals surface area contributed by atoms with Crippen molar-refractivity contribution in [3.63, 3.8) is 0 Å². The first-order valence-corrected chi connectivity index (χ1v) is 14.2. The Kier molecular flexibility index (Phi) is 4.75. The average Bonchev–Trinajstić information content (AvgIpc) is 3.25. The number of hydrogen-bond donors (Lipinski definition) is 2. The van der Waals surface area contributed by atoms with Crippen LogP contribution in [0.5, 0.6) is 0 Å². The fourth-order valence-electron chi connectivity index (χ4n) is 11.9. The van der Waals surface area contributed by atoms with E-state index in [1.165, 1.54) is 13.8 Å². The van der Waals surface area contributed by atoms with Gasteiger partial charge in [0.15, 0.2) is 5.60 Å². The van der Waals surface area contributed by atoms with E-state index in [4.69, 9.17) is 14.2 Å². The monoisotopic (exact) mass is 529 g/mol. The molecule has 9 bridgehead atoms. The highest BCUT2D eigenvalue weighted by Crippen LogP contribution is 2.88. The van der Waals surface area contributed by atoms with E-state index in [1.54, 1.807) is 0 Å². The molecule has 2 spiro atoms. The van der Waals surface area contributed by atoms with E-state index in [1.807, 2.05) is 13.8 Å². The smallest absolute Gasteiger partial charge is 0.309 e. The number of fused-ring (bicyclic) bond motifs is 1. The van der Waals surface area contributed by atoms with E-state index in [-0.39, 0.29) is 35.8 Å². The molecular weight excluding hydrogens is 490 g/mol. The minimum atomic E-state index is -1.17. The lowest BCUT2D eigenvalue weighted by Crippen LogP contribution is -2.77. The standard InChI is InChI=1S/C29H39NO8/c1-7-12(2)24(35)37-17-10-28-20-16-9-27-8-13(3)18(19(33)21(27)28)22(34)29(27,38-15(5)32)25(28)30(16)11-26(20,6)23(17)36-14(4)31/h12,16-23,25,33-34H,3,7-11H2,1-2,4-6H3/t12?,16-,17+,18+,19+,20+,21+,22?,23+,25-,26+,27+,28-,29-/m0/s1. The summed E-state index contributed by atoms with van der Waals surface area (Å²) < 4.78 is 18.5. The molecule has 0 radical (unpaired) electrons.